The topological polar surface area (TPSA) is 27.0 Å². The first kappa shape index (κ1) is 13.0. The van der Waals surface area contributed by atoms with E-state index in [4.69, 9.17) is 5.26 Å². The number of piperidine rings is 1. The number of benzene rings is 1. The fourth-order valence-corrected chi connectivity index (χ4v) is 2.63. The predicted octanol–water partition coefficient (Wildman–Crippen LogP) is 3.32. The normalized spacial score (nSPS) is 24.8. The zero-order valence-corrected chi connectivity index (χ0v) is 11.0. The number of hydrogen-bond donors (Lipinski definition) is 0. The summed E-state index contributed by atoms with van der Waals surface area (Å²) in [4.78, 5) is 2.31. The van der Waals surface area contributed by atoms with Crippen LogP contribution in [0.2, 0.25) is 0 Å². The number of nitriles is 1. The van der Waals surface area contributed by atoms with Crippen LogP contribution in [-0.2, 0) is 6.54 Å². The third kappa shape index (κ3) is 2.70. The highest BCUT2D eigenvalue weighted by molar-refractivity contribution is 5.33. The minimum absolute atomic E-state index is 0.209. The Labute approximate surface area is 108 Å². The lowest BCUT2D eigenvalue weighted by Gasteiger charge is -2.38. The summed E-state index contributed by atoms with van der Waals surface area (Å²) < 4.78 is 13.7. The molecule has 1 aliphatic rings. The Morgan fingerprint density at radius 3 is 2.94 bits per heavy atom. The summed E-state index contributed by atoms with van der Waals surface area (Å²) in [6.07, 6.45) is 2.42. The predicted molar refractivity (Wildman–Crippen MR) is 69.4 cm³/mol. The summed E-state index contributed by atoms with van der Waals surface area (Å²) in [5.74, 6) is 0.445. The molecule has 2 atom stereocenters. The van der Waals surface area contributed by atoms with E-state index in [1.54, 1.807) is 6.07 Å². The monoisotopic (exact) mass is 246 g/mol. The highest BCUT2D eigenvalue weighted by Crippen LogP contribution is 2.25. The maximum Gasteiger partial charge on any atom is 0.127 e. The third-order valence-electron chi connectivity index (χ3n) is 4.05. The van der Waals surface area contributed by atoms with Gasteiger partial charge in [0, 0.05) is 18.2 Å². The zero-order chi connectivity index (χ0) is 13.1. The molecule has 0 amide bonds. The molecule has 1 heterocycles. The molecule has 0 aliphatic carbocycles. The van der Waals surface area contributed by atoms with Gasteiger partial charge < -0.3 is 0 Å². The van der Waals surface area contributed by atoms with Crippen LogP contribution in [0.4, 0.5) is 4.39 Å². The molecule has 0 saturated carbocycles. The molecule has 1 aliphatic heterocycles. The van der Waals surface area contributed by atoms with Gasteiger partial charge in [-0.2, -0.15) is 5.26 Å². The number of halogens is 1. The summed E-state index contributed by atoms with van der Waals surface area (Å²) in [5, 5.41) is 8.87. The highest BCUT2D eigenvalue weighted by Gasteiger charge is 2.25. The first-order valence-corrected chi connectivity index (χ1v) is 6.54. The molecule has 2 rings (SSSR count). The number of nitrogens with zero attached hydrogens (tertiary/aromatic N) is 2. The molecule has 2 unspecified atom stereocenters. The molecule has 0 spiro atoms. The van der Waals surface area contributed by atoms with Gasteiger partial charge in [-0.25, -0.2) is 4.39 Å². The van der Waals surface area contributed by atoms with Gasteiger partial charge in [0.15, 0.2) is 0 Å². The Kier molecular flexibility index (Phi) is 3.98. The SMILES string of the molecule is CC1CCCN(Cc2cc(C#N)ccc2F)C1C. The summed E-state index contributed by atoms with van der Waals surface area (Å²) in [7, 11) is 0. The van der Waals surface area contributed by atoms with Gasteiger partial charge in [0.05, 0.1) is 11.6 Å². The summed E-state index contributed by atoms with van der Waals surface area (Å²) in [6, 6.07) is 7.13. The molecule has 1 fully saturated rings. The summed E-state index contributed by atoms with van der Waals surface area (Å²) in [5.41, 5.74) is 1.17. The van der Waals surface area contributed by atoms with Crippen molar-refractivity contribution in [3.05, 3.63) is 35.1 Å². The Morgan fingerprint density at radius 2 is 2.22 bits per heavy atom. The van der Waals surface area contributed by atoms with Crippen LogP contribution in [0.25, 0.3) is 0 Å². The lowest BCUT2D eigenvalue weighted by atomic mass is 9.91. The molecule has 1 saturated heterocycles. The van der Waals surface area contributed by atoms with Crippen molar-refractivity contribution in [2.45, 2.75) is 39.3 Å². The lowest BCUT2D eigenvalue weighted by Crippen LogP contribution is -2.41. The van der Waals surface area contributed by atoms with Crippen molar-refractivity contribution in [1.29, 1.82) is 5.26 Å². The van der Waals surface area contributed by atoms with E-state index in [9.17, 15) is 4.39 Å². The van der Waals surface area contributed by atoms with Crippen LogP contribution < -0.4 is 0 Å². The molecule has 0 N–H and O–H groups in total. The maximum absolute atomic E-state index is 13.7. The number of hydrogen-bond acceptors (Lipinski definition) is 2. The molecule has 96 valence electrons. The van der Waals surface area contributed by atoms with Crippen LogP contribution in [0.15, 0.2) is 18.2 Å². The van der Waals surface area contributed by atoms with Gasteiger partial charge in [-0.15, -0.1) is 0 Å². The van der Waals surface area contributed by atoms with Gasteiger partial charge in [-0.3, -0.25) is 4.90 Å². The van der Waals surface area contributed by atoms with Crippen LogP contribution in [0, 0.1) is 23.1 Å². The Balaban J connectivity index is 2.16. The van der Waals surface area contributed by atoms with Gasteiger partial charge in [0.1, 0.15) is 5.82 Å². The first-order chi connectivity index (χ1) is 8.61. The van der Waals surface area contributed by atoms with Crippen molar-refractivity contribution in [3.63, 3.8) is 0 Å². The Bertz CT molecular complexity index is 464. The van der Waals surface area contributed by atoms with Gasteiger partial charge in [-0.1, -0.05) is 6.92 Å². The van der Waals surface area contributed by atoms with Crippen molar-refractivity contribution in [3.8, 4) is 6.07 Å². The number of likely N-dealkylation sites (tertiary alicyclic amines) is 1. The average Bonchev–Trinajstić information content (AvgIpc) is 2.37. The Morgan fingerprint density at radius 1 is 1.44 bits per heavy atom. The Hall–Kier alpha value is -1.40. The van der Waals surface area contributed by atoms with Crippen molar-refractivity contribution in [1.82, 2.24) is 4.90 Å². The van der Waals surface area contributed by atoms with E-state index in [0.29, 0.717) is 29.6 Å². The van der Waals surface area contributed by atoms with Crippen LogP contribution in [0.1, 0.15) is 37.8 Å². The molecule has 1 aromatic rings. The van der Waals surface area contributed by atoms with E-state index in [0.717, 1.165) is 6.54 Å². The second kappa shape index (κ2) is 5.49. The van der Waals surface area contributed by atoms with Crippen molar-refractivity contribution < 1.29 is 4.39 Å². The standard InChI is InChI=1S/C15H19FN2/c1-11-4-3-7-18(12(11)2)10-14-8-13(9-17)5-6-15(14)16/h5-6,8,11-12H,3-4,7,10H2,1-2H3. The van der Waals surface area contributed by atoms with Crippen LogP contribution in [-0.4, -0.2) is 17.5 Å². The highest BCUT2D eigenvalue weighted by atomic mass is 19.1. The molecule has 0 aromatic heterocycles. The molecule has 2 nitrogen and oxygen atoms in total. The van der Waals surface area contributed by atoms with Crippen LogP contribution >= 0.6 is 0 Å². The average molecular weight is 246 g/mol. The second-order valence-electron chi connectivity index (χ2n) is 5.25. The first-order valence-electron chi connectivity index (χ1n) is 6.54. The molecule has 18 heavy (non-hydrogen) atoms. The van der Waals surface area contributed by atoms with Gasteiger partial charge >= 0.3 is 0 Å². The molecule has 1 aromatic carbocycles. The van der Waals surface area contributed by atoms with Crippen LogP contribution in [0.5, 0.6) is 0 Å². The van der Waals surface area contributed by atoms with Gasteiger partial charge in [0.2, 0.25) is 0 Å². The largest absolute Gasteiger partial charge is 0.296 e. The van der Waals surface area contributed by atoms with E-state index in [-0.39, 0.29) is 5.82 Å². The quantitative estimate of drug-likeness (QED) is 0.800. The fourth-order valence-electron chi connectivity index (χ4n) is 2.63. The minimum Gasteiger partial charge on any atom is -0.296 e. The fraction of sp³-hybridized carbons (Fsp3) is 0.533. The van der Waals surface area contributed by atoms with Crippen molar-refractivity contribution in [2.75, 3.05) is 6.54 Å². The van der Waals surface area contributed by atoms with Crippen molar-refractivity contribution >= 4 is 0 Å². The molecule has 0 radical (unpaired) electrons. The maximum atomic E-state index is 13.7. The van der Waals surface area contributed by atoms with Gasteiger partial charge in [-0.05, 0) is 50.4 Å². The summed E-state index contributed by atoms with van der Waals surface area (Å²) >= 11 is 0. The second-order valence-corrected chi connectivity index (χ2v) is 5.25. The third-order valence-corrected chi connectivity index (χ3v) is 4.05. The smallest absolute Gasteiger partial charge is 0.127 e. The van der Waals surface area contributed by atoms with E-state index >= 15 is 0 Å². The van der Waals surface area contributed by atoms with Crippen LogP contribution in [0.3, 0.4) is 0 Å². The molecule has 3 heteroatoms. The van der Waals surface area contributed by atoms with E-state index in [1.165, 1.54) is 25.0 Å². The minimum atomic E-state index is -0.209. The van der Waals surface area contributed by atoms with Gasteiger partial charge in [0.25, 0.3) is 0 Å². The molecule has 0 bridgehead atoms. The lowest BCUT2D eigenvalue weighted by molar-refractivity contribution is 0.105. The van der Waals surface area contributed by atoms with E-state index in [2.05, 4.69) is 24.8 Å². The zero-order valence-electron chi connectivity index (χ0n) is 11.0. The van der Waals surface area contributed by atoms with E-state index < -0.39 is 0 Å². The number of rotatable bonds is 2. The summed E-state index contributed by atoms with van der Waals surface area (Å²) in [6.45, 7) is 6.07. The molecular weight excluding hydrogens is 227 g/mol. The van der Waals surface area contributed by atoms with E-state index in [1.807, 2.05) is 0 Å². The molecular formula is C15H19FN2. The van der Waals surface area contributed by atoms with Crippen molar-refractivity contribution in [2.24, 2.45) is 5.92 Å².